The smallest absolute Gasteiger partial charge is 0.234 e. The van der Waals surface area contributed by atoms with Crippen molar-refractivity contribution in [2.45, 2.75) is 43.8 Å². The number of amides is 1. The van der Waals surface area contributed by atoms with E-state index in [9.17, 15) is 4.79 Å². The molecule has 0 radical (unpaired) electrons. The summed E-state index contributed by atoms with van der Waals surface area (Å²) in [4.78, 5) is 14.7. The van der Waals surface area contributed by atoms with Crippen molar-refractivity contribution >= 4 is 29.3 Å². The van der Waals surface area contributed by atoms with Gasteiger partial charge in [0.05, 0.1) is 17.4 Å². The molecule has 2 aromatic rings. The first-order chi connectivity index (χ1) is 13.6. The molecule has 1 N–H and O–H groups in total. The Bertz CT molecular complexity index is 875. The highest BCUT2D eigenvalue weighted by Crippen LogP contribution is 2.41. The molecule has 2 aliphatic rings. The number of benzene rings is 1. The topological polar surface area (TPSA) is 86.8 Å². The van der Waals surface area contributed by atoms with Crippen LogP contribution in [0.4, 0.5) is 11.6 Å². The van der Waals surface area contributed by atoms with Gasteiger partial charge in [-0.3, -0.25) is 9.36 Å². The lowest BCUT2D eigenvalue weighted by Crippen LogP contribution is -2.34. The number of nitriles is 1. The van der Waals surface area contributed by atoms with E-state index in [4.69, 9.17) is 5.26 Å². The van der Waals surface area contributed by atoms with Gasteiger partial charge in [0, 0.05) is 24.8 Å². The average Bonchev–Trinajstić information content (AvgIpc) is 3.47. The van der Waals surface area contributed by atoms with E-state index in [1.54, 1.807) is 24.3 Å². The van der Waals surface area contributed by atoms with Crippen LogP contribution in [0.2, 0.25) is 0 Å². The normalized spacial score (nSPS) is 17.4. The summed E-state index contributed by atoms with van der Waals surface area (Å²) in [5.74, 6) is 1.92. The van der Waals surface area contributed by atoms with Crippen molar-refractivity contribution in [2.75, 3.05) is 29.1 Å². The highest BCUT2D eigenvalue weighted by atomic mass is 32.2. The maximum Gasteiger partial charge on any atom is 0.234 e. The summed E-state index contributed by atoms with van der Waals surface area (Å²) in [5.41, 5.74) is 1.26. The van der Waals surface area contributed by atoms with E-state index < -0.39 is 0 Å². The van der Waals surface area contributed by atoms with Crippen LogP contribution in [-0.4, -0.2) is 39.5 Å². The molecule has 1 aliphatic carbocycles. The molecule has 1 saturated heterocycles. The van der Waals surface area contributed by atoms with Crippen LogP contribution < -0.4 is 10.2 Å². The maximum atomic E-state index is 12.3. The third-order valence-electron chi connectivity index (χ3n) is 5.26. The second kappa shape index (κ2) is 8.23. The predicted octanol–water partition coefficient (Wildman–Crippen LogP) is 3.45. The van der Waals surface area contributed by atoms with Crippen LogP contribution in [0.5, 0.6) is 0 Å². The number of nitrogens with zero attached hydrogens (tertiary/aromatic N) is 5. The number of piperidine rings is 1. The predicted molar refractivity (Wildman–Crippen MR) is 109 cm³/mol. The molecule has 2 fully saturated rings. The first-order valence-corrected chi connectivity index (χ1v) is 10.8. The van der Waals surface area contributed by atoms with Gasteiger partial charge in [-0.05, 0) is 55.9 Å². The Morgan fingerprint density at radius 3 is 2.57 bits per heavy atom. The van der Waals surface area contributed by atoms with Crippen LogP contribution in [0, 0.1) is 17.2 Å². The number of carbonyl (C=O) groups excluding carboxylic acids is 1. The van der Waals surface area contributed by atoms with Crippen molar-refractivity contribution in [1.29, 1.82) is 5.26 Å². The summed E-state index contributed by atoms with van der Waals surface area (Å²) in [6, 6.07) is 9.40. The van der Waals surface area contributed by atoms with Crippen LogP contribution in [0.1, 0.15) is 44.2 Å². The third-order valence-corrected chi connectivity index (χ3v) is 6.20. The molecule has 0 bridgehead atoms. The standard InChI is InChI=1S/C20H24N6OS/c1-14-8-10-25(11-9-14)19-23-24-20(26(19)17-6-7-17)28-13-18(27)22-16-4-2-15(12-21)3-5-16/h2-5,14,17H,6-11,13H2,1H3,(H,22,27). The van der Waals surface area contributed by atoms with Crippen molar-refractivity contribution < 1.29 is 4.79 Å². The SMILES string of the molecule is CC1CCN(c2nnc(SCC(=O)Nc3ccc(C#N)cc3)n2C2CC2)CC1. The minimum absolute atomic E-state index is 0.0894. The lowest BCUT2D eigenvalue weighted by atomic mass is 10.00. The molecular formula is C20H24N6OS. The van der Waals surface area contributed by atoms with Gasteiger partial charge in [0.2, 0.25) is 11.9 Å². The summed E-state index contributed by atoms with van der Waals surface area (Å²) in [6.07, 6.45) is 4.68. The lowest BCUT2D eigenvalue weighted by Gasteiger charge is -2.31. The molecule has 1 amide bonds. The van der Waals surface area contributed by atoms with E-state index in [2.05, 4.69) is 38.0 Å². The molecule has 8 heteroatoms. The highest BCUT2D eigenvalue weighted by molar-refractivity contribution is 7.99. The van der Waals surface area contributed by atoms with Gasteiger partial charge in [0.15, 0.2) is 5.16 Å². The number of hydrogen-bond acceptors (Lipinski definition) is 6. The summed E-state index contributed by atoms with van der Waals surface area (Å²) in [6.45, 7) is 4.35. The average molecular weight is 397 g/mol. The van der Waals surface area contributed by atoms with Crippen LogP contribution in [0.25, 0.3) is 0 Å². The fourth-order valence-corrected chi connectivity index (χ4v) is 4.20. The third kappa shape index (κ3) is 4.30. The molecule has 1 saturated carbocycles. The van der Waals surface area contributed by atoms with E-state index in [0.29, 0.717) is 17.3 Å². The van der Waals surface area contributed by atoms with Crippen LogP contribution >= 0.6 is 11.8 Å². The molecule has 1 aliphatic heterocycles. The van der Waals surface area contributed by atoms with Gasteiger partial charge in [0.1, 0.15) is 0 Å². The van der Waals surface area contributed by atoms with Crippen molar-refractivity contribution in [2.24, 2.45) is 5.92 Å². The maximum absolute atomic E-state index is 12.3. The van der Waals surface area contributed by atoms with Crippen LogP contribution in [0.3, 0.4) is 0 Å². The Kier molecular flexibility index (Phi) is 5.53. The van der Waals surface area contributed by atoms with Gasteiger partial charge in [-0.1, -0.05) is 18.7 Å². The van der Waals surface area contributed by atoms with Gasteiger partial charge in [0.25, 0.3) is 0 Å². The van der Waals surface area contributed by atoms with E-state index in [1.165, 1.54) is 24.6 Å². The van der Waals surface area contributed by atoms with Gasteiger partial charge < -0.3 is 10.2 Å². The van der Waals surface area contributed by atoms with Crippen molar-refractivity contribution in [1.82, 2.24) is 14.8 Å². The zero-order valence-electron chi connectivity index (χ0n) is 16.0. The molecular weight excluding hydrogens is 372 g/mol. The molecule has 146 valence electrons. The van der Waals surface area contributed by atoms with Crippen molar-refractivity contribution in [3.8, 4) is 6.07 Å². The Labute approximate surface area is 169 Å². The van der Waals surface area contributed by atoms with E-state index >= 15 is 0 Å². The van der Waals surface area contributed by atoms with E-state index in [0.717, 1.165) is 43.0 Å². The summed E-state index contributed by atoms with van der Waals surface area (Å²) in [7, 11) is 0. The van der Waals surface area contributed by atoms with Gasteiger partial charge >= 0.3 is 0 Å². The van der Waals surface area contributed by atoms with E-state index in [1.807, 2.05) is 0 Å². The number of rotatable bonds is 6. The zero-order valence-corrected chi connectivity index (χ0v) is 16.8. The summed E-state index contributed by atoms with van der Waals surface area (Å²) >= 11 is 1.43. The highest BCUT2D eigenvalue weighted by Gasteiger charge is 2.32. The number of hydrogen-bond donors (Lipinski definition) is 1. The second-order valence-electron chi connectivity index (χ2n) is 7.58. The van der Waals surface area contributed by atoms with Crippen molar-refractivity contribution in [3.63, 3.8) is 0 Å². The Morgan fingerprint density at radius 1 is 1.21 bits per heavy atom. The molecule has 2 heterocycles. The molecule has 0 spiro atoms. The van der Waals surface area contributed by atoms with Gasteiger partial charge in [-0.25, -0.2) is 0 Å². The molecule has 0 atom stereocenters. The van der Waals surface area contributed by atoms with Gasteiger partial charge in [-0.15, -0.1) is 10.2 Å². The number of aromatic nitrogens is 3. The monoisotopic (exact) mass is 396 g/mol. The number of carbonyl (C=O) groups is 1. The quantitative estimate of drug-likeness (QED) is 0.753. The Hall–Kier alpha value is -2.53. The Balaban J connectivity index is 1.39. The first kappa shape index (κ1) is 18.8. The largest absolute Gasteiger partial charge is 0.341 e. The first-order valence-electron chi connectivity index (χ1n) is 9.76. The van der Waals surface area contributed by atoms with Crippen LogP contribution in [0.15, 0.2) is 29.4 Å². The van der Waals surface area contributed by atoms with Crippen molar-refractivity contribution in [3.05, 3.63) is 29.8 Å². The molecule has 28 heavy (non-hydrogen) atoms. The van der Waals surface area contributed by atoms with Gasteiger partial charge in [-0.2, -0.15) is 5.26 Å². The molecule has 4 rings (SSSR count). The zero-order chi connectivity index (χ0) is 19.5. The number of nitrogens with one attached hydrogen (secondary N) is 1. The summed E-state index contributed by atoms with van der Waals surface area (Å²) < 4.78 is 2.23. The number of thioether (sulfide) groups is 1. The molecule has 1 aromatic carbocycles. The minimum Gasteiger partial charge on any atom is -0.341 e. The van der Waals surface area contributed by atoms with E-state index in [-0.39, 0.29) is 11.7 Å². The fraction of sp³-hybridized carbons (Fsp3) is 0.500. The molecule has 1 aromatic heterocycles. The lowest BCUT2D eigenvalue weighted by molar-refractivity contribution is -0.113. The Morgan fingerprint density at radius 2 is 1.93 bits per heavy atom. The minimum atomic E-state index is -0.0894. The summed E-state index contributed by atoms with van der Waals surface area (Å²) in [5, 5.41) is 21.4. The molecule has 0 unspecified atom stereocenters. The fourth-order valence-electron chi connectivity index (χ4n) is 3.40. The van der Waals surface area contributed by atoms with Crippen LogP contribution in [-0.2, 0) is 4.79 Å². The number of anilines is 2. The molecule has 7 nitrogen and oxygen atoms in total. The second-order valence-corrected chi connectivity index (χ2v) is 8.52.